The number of nitrogens with zero attached hydrogens (tertiary/aromatic N) is 1. The molecule has 0 radical (unpaired) electrons. The van der Waals surface area contributed by atoms with Crippen molar-refractivity contribution < 1.29 is 14.3 Å². The minimum Gasteiger partial charge on any atom is -0.371 e. The van der Waals surface area contributed by atoms with Gasteiger partial charge in [0.25, 0.3) is 0 Å². The molecule has 2 fully saturated rings. The van der Waals surface area contributed by atoms with Gasteiger partial charge >= 0.3 is 0 Å². The molecular formula is C15H26N2O3. The second-order valence-corrected chi connectivity index (χ2v) is 6.77. The number of hydrogen-bond donors (Lipinski definition) is 1. The molecule has 0 aromatic carbocycles. The monoisotopic (exact) mass is 282 g/mol. The Bertz CT molecular complexity index is 408. The van der Waals surface area contributed by atoms with Crippen molar-refractivity contribution in [2.24, 2.45) is 0 Å². The topological polar surface area (TPSA) is 58.6 Å². The Morgan fingerprint density at radius 2 is 2.05 bits per heavy atom. The normalized spacial score (nSPS) is 34.0. The number of carbonyl (C=O) groups excluding carboxylic acids is 2. The summed E-state index contributed by atoms with van der Waals surface area (Å²) < 4.78 is 5.97. The first-order valence-corrected chi connectivity index (χ1v) is 7.54. The van der Waals surface area contributed by atoms with Crippen LogP contribution in [0.3, 0.4) is 0 Å². The molecule has 5 heteroatoms. The molecule has 2 saturated heterocycles. The van der Waals surface area contributed by atoms with Crippen LogP contribution in [0.2, 0.25) is 0 Å². The van der Waals surface area contributed by atoms with Gasteiger partial charge in [-0.2, -0.15) is 0 Å². The molecule has 114 valence electrons. The summed E-state index contributed by atoms with van der Waals surface area (Å²) >= 11 is 0. The SMILES string of the molecule is CCC1(C)NC(=O)CCN(CC2CCC(C)(C)O2)C1=O. The van der Waals surface area contributed by atoms with Gasteiger partial charge in [-0.15, -0.1) is 0 Å². The molecule has 20 heavy (non-hydrogen) atoms. The summed E-state index contributed by atoms with van der Waals surface area (Å²) in [6.45, 7) is 8.98. The average Bonchev–Trinajstić information content (AvgIpc) is 2.67. The first-order chi connectivity index (χ1) is 9.26. The van der Waals surface area contributed by atoms with Crippen LogP contribution in [0.4, 0.5) is 0 Å². The Hall–Kier alpha value is -1.10. The van der Waals surface area contributed by atoms with Gasteiger partial charge in [-0.25, -0.2) is 0 Å². The highest BCUT2D eigenvalue weighted by Gasteiger charge is 2.41. The van der Waals surface area contributed by atoms with Crippen LogP contribution >= 0.6 is 0 Å². The maximum absolute atomic E-state index is 12.6. The van der Waals surface area contributed by atoms with Gasteiger partial charge < -0.3 is 15.0 Å². The Labute approximate surface area is 121 Å². The van der Waals surface area contributed by atoms with E-state index in [0.29, 0.717) is 25.9 Å². The summed E-state index contributed by atoms with van der Waals surface area (Å²) in [6.07, 6.45) is 3.05. The quantitative estimate of drug-likeness (QED) is 0.852. The van der Waals surface area contributed by atoms with Crippen molar-refractivity contribution in [3.05, 3.63) is 0 Å². The van der Waals surface area contributed by atoms with E-state index in [1.165, 1.54) is 0 Å². The molecule has 0 saturated carbocycles. The van der Waals surface area contributed by atoms with E-state index in [-0.39, 0.29) is 23.5 Å². The van der Waals surface area contributed by atoms with E-state index in [1.54, 1.807) is 4.90 Å². The van der Waals surface area contributed by atoms with Crippen molar-refractivity contribution in [3.63, 3.8) is 0 Å². The summed E-state index contributed by atoms with van der Waals surface area (Å²) in [7, 11) is 0. The van der Waals surface area contributed by atoms with E-state index in [1.807, 2.05) is 13.8 Å². The fourth-order valence-electron chi connectivity index (χ4n) is 2.98. The molecular weight excluding hydrogens is 256 g/mol. The molecule has 0 aromatic rings. The van der Waals surface area contributed by atoms with Crippen LogP contribution < -0.4 is 5.32 Å². The second-order valence-electron chi connectivity index (χ2n) is 6.77. The molecule has 0 spiro atoms. The van der Waals surface area contributed by atoms with Crippen LogP contribution in [0.25, 0.3) is 0 Å². The molecule has 2 amide bonds. The van der Waals surface area contributed by atoms with Gasteiger partial charge in [0, 0.05) is 19.5 Å². The van der Waals surface area contributed by atoms with Crippen LogP contribution in [0, 0.1) is 0 Å². The zero-order valence-electron chi connectivity index (χ0n) is 13.0. The Balaban J connectivity index is 2.07. The first-order valence-electron chi connectivity index (χ1n) is 7.54. The molecule has 2 heterocycles. The minimum absolute atomic E-state index is 0.0131. The van der Waals surface area contributed by atoms with E-state index in [2.05, 4.69) is 19.2 Å². The standard InChI is InChI=1S/C15H26N2O3/c1-5-15(4)13(19)17(9-7-12(18)16-15)10-11-6-8-14(2,3)20-11/h11H,5-10H2,1-4H3,(H,16,18). The lowest BCUT2D eigenvalue weighted by molar-refractivity contribution is -0.140. The van der Waals surface area contributed by atoms with E-state index in [0.717, 1.165) is 12.8 Å². The van der Waals surface area contributed by atoms with Crippen molar-refractivity contribution in [3.8, 4) is 0 Å². The van der Waals surface area contributed by atoms with Crippen molar-refractivity contribution in [2.75, 3.05) is 13.1 Å². The van der Waals surface area contributed by atoms with Gasteiger partial charge in [0.05, 0.1) is 11.7 Å². The third-order valence-electron chi connectivity index (χ3n) is 4.47. The summed E-state index contributed by atoms with van der Waals surface area (Å²) in [5.74, 6) is -0.0305. The molecule has 1 N–H and O–H groups in total. The molecule has 0 aliphatic carbocycles. The third-order valence-corrected chi connectivity index (χ3v) is 4.47. The minimum atomic E-state index is -0.776. The lowest BCUT2D eigenvalue weighted by Crippen LogP contribution is -2.55. The Morgan fingerprint density at radius 1 is 1.35 bits per heavy atom. The lowest BCUT2D eigenvalue weighted by atomic mass is 9.97. The Morgan fingerprint density at radius 3 is 2.60 bits per heavy atom. The maximum atomic E-state index is 12.6. The smallest absolute Gasteiger partial charge is 0.248 e. The predicted molar refractivity (Wildman–Crippen MR) is 76.2 cm³/mol. The molecule has 0 bridgehead atoms. The molecule has 5 nitrogen and oxygen atoms in total. The van der Waals surface area contributed by atoms with E-state index in [9.17, 15) is 9.59 Å². The summed E-state index contributed by atoms with van der Waals surface area (Å²) in [5, 5.41) is 2.85. The zero-order chi connectivity index (χ0) is 15.0. The van der Waals surface area contributed by atoms with Gasteiger partial charge in [-0.3, -0.25) is 9.59 Å². The molecule has 2 rings (SSSR count). The van der Waals surface area contributed by atoms with Gasteiger partial charge in [0.15, 0.2) is 0 Å². The van der Waals surface area contributed by atoms with Crippen LogP contribution in [0.15, 0.2) is 0 Å². The first kappa shape index (κ1) is 15.3. The molecule has 2 atom stereocenters. The highest BCUT2D eigenvalue weighted by Crippen LogP contribution is 2.30. The molecule has 2 aliphatic rings. The number of amides is 2. The molecule has 0 aromatic heterocycles. The largest absolute Gasteiger partial charge is 0.371 e. The zero-order valence-corrected chi connectivity index (χ0v) is 13.0. The van der Waals surface area contributed by atoms with Crippen LogP contribution in [0.5, 0.6) is 0 Å². The number of rotatable bonds is 3. The fraction of sp³-hybridized carbons (Fsp3) is 0.867. The lowest BCUT2D eigenvalue weighted by Gasteiger charge is -2.32. The molecule has 2 unspecified atom stereocenters. The third kappa shape index (κ3) is 3.14. The van der Waals surface area contributed by atoms with Crippen LogP contribution in [-0.4, -0.2) is 47.0 Å². The van der Waals surface area contributed by atoms with E-state index in [4.69, 9.17) is 4.74 Å². The number of carbonyl (C=O) groups is 2. The summed E-state index contributed by atoms with van der Waals surface area (Å²) in [6, 6.07) is 0. The number of nitrogens with one attached hydrogen (secondary N) is 1. The average molecular weight is 282 g/mol. The number of hydrogen-bond acceptors (Lipinski definition) is 3. The van der Waals surface area contributed by atoms with Gasteiger partial charge in [0.1, 0.15) is 5.54 Å². The van der Waals surface area contributed by atoms with E-state index < -0.39 is 5.54 Å². The van der Waals surface area contributed by atoms with Gasteiger partial charge in [0.2, 0.25) is 11.8 Å². The maximum Gasteiger partial charge on any atom is 0.248 e. The van der Waals surface area contributed by atoms with Gasteiger partial charge in [-0.05, 0) is 40.0 Å². The summed E-state index contributed by atoms with van der Waals surface area (Å²) in [5.41, 5.74) is -0.872. The summed E-state index contributed by atoms with van der Waals surface area (Å²) in [4.78, 5) is 26.2. The van der Waals surface area contributed by atoms with Crippen LogP contribution in [-0.2, 0) is 14.3 Å². The number of ether oxygens (including phenoxy) is 1. The van der Waals surface area contributed by atoms with Crippen molar-refractivity contribution in [2.45, 2.75) is 70.6 Å². The Kier molecular flexibility index (Phi) is 4.09. The van der Waals surface area contributed by atoms with Crippen molar-refractivity contribution in [1.82, 2.24) is 10.2 Å². The molecule has 2 aliphatic heterocycles. The predicted octanol–water partition coefficient (Wildman–Crippen LogP) is 1.46. The van der Waals surface area contributed by atoms with E-state index >= 15 is 0 Å². The second kappa shape index (κ2) is 5.35. The van der Waals surface area contributed by atoms with Crippen molar-refractivity contribution in [1.29, 1.82) is 0 Å². The van der Waals surface area contributed by atoms with Crippen molar-refractivity contribution >= 4 is 11.8 Å². The highest BCUT2D eigenvalue weighted by molar-refractivity contribution is 5.93. The van der Waals surface area contributed by atoms with Gasteiger partial charge in [-0.1, -0.05) is 6.92 Å². The fourth-order valence-corrected chi connectivity index (χ4v) is 2.98. The highest BCUT2D eigenvalue weighted by atomic mass is 16.5. The van der Waals surface area contributed by atoms with Crippen LogP contribution in [0.1, 0.15) is 53.4 Å².